The maximum absolute atomic E-state index is 11.8. The number of nitrogens with two attached hydrogens (primary N) is 1. The van der Waals surface area contributed by atoms with Gasteiger partial charge in [0, 0.05) is 38.9 Å². The van der Waals surface area contributed by atoms with Gasteiger partial charge in [-0.1, -0.05) is 0 Å². The van der Waals surface area contributed by atoms with Crippen molar-refractivity contribution in [3.8, 4) is 0 Å². The van der Waals surface area contributed by atoms with Crippen LogP contribution in [0.15, 0.2) is 29.2 Å². The van der Waals surface area contributed by atoms with Crippen molar-refractivity contribution in [3.05, 3.63) is 24.3 Å². The normalized spacial score (nSPS) is 17.3. The molecule has 0 amide bonds. The number of sulfonamides is 1. The Kier molecular flexibility index (Phi) is 3.11. The molecule has 1 aromatic carbocycles. The van der Waals surface area contributed by atoms with Crippen molar-refractivity contribution < 1.29 is 8.42 Å². The van der Waals surface area contributed by atoms with E-state index in [1.807, 2.05) is 12.1 Å². The molecule has 0 bridgehead atoms. The highest BCUT2D eigenvalue weighted by molar-refractivity contribution is 7.89. The minimum atomic E-state index is -3.33. The van der Waals surface area contributed by atoms with Gasteiger partial charge in [0.1, 0.15) is 0 Å². The average molecular weight is 255 g/mol. The average Bonchev–Trinajstić information content (AvgIpc) is 2.25. The van der Waals surface area contributed by atoms with Gasteiger partial charge in [0.25, 0.3) is 0 Å². The smallest absolute Gasteiger partial charge is 0.242 e. The first-order chi connectivity index (χ1) is 7.91. The molecule has 0 atom stereocenters. The summed E-state index contributed by atoms with van der Waals surface area (Å²) >= 11 is 0. The van der Waals surface area contributed by atoms with Crippen molar-refractivity contribution >= 4 is 15.7 Å². The SMILES string of the molecule is CN(C)S(=O)(=O)c1ccc(N2CC(N)C2)cc1. The molecule has 5 nitrogen and oxygen atoms in total. The summed E-state index contributed by atoms with van der Waals surface area (Å²) in [6.07, 6.45) is 0. The largest absolute Gasteiger partial charge is 0.368 e. The fraction of sp³-hybridized carbons (Fsp3) is 0.455. The van der Waals surface area contributed by atoms with E-state index in [4.69, 9.17) is 5.73 Å². The number of benzene rings is 1. The van der Waals surface area contributed by atoms with Crippen LogP contribution in [0.2, 0.25) is 0 Å². The summed E-state index contributed by atoms with van der Waals surface area (Å²) in [5.74, 6) is 0. The summed E-state index contributed by atoms with van der Waals surface area (Å²) in [6.45, 7) is 1.67. The highest BCUT2D eigenvalue weighted by Gasteiger charge is 2.24. The first-order valence-corrected chi connectivity index (χ1v) is 6.88. The minimum absolute atomic E-state index is 0.236. The molecule has 6 heteroatoms. The van der Waals surface area contributed by atoms with Crippen LogP contribution in [0.5, 0.6) is 0 Å². The lowest BCUT2D eigenvalue weighted by atomic mass is 10.1. The van der Waals surface area contributed by atoms with E-state index in [1.54, 1.807) is 12.1 Å². The summed E-state index contributed by atoms with van der Waals surface area (Å²) < 4.78 is 24.9. The van der Waals surface area contributed by atoms with Crippen LogP contribution >= 0.6 is 0 Å². The molecule has 0 spiro atoms. The molecule has 1 heterocycles. The Balaban J connectivity index is 2.19. The molecular weight excluding hydrogens is 238 g/mol. The molecule has 1 aliphatic heterocycles. The van der Waals surface area contributed by atoms with Crippen molar-refractivity contribution in [1.29, 1.82) is 0 Å². The Morgan fingerprint density at radius 3 is 2.18 bits per heavy atom. The maximum atomic E-state index is 11.8. The molecule has 1 saturated heterocycles. The van der Waals surface area contributed by atoms with E-state index < -0.39 is 10.0 Å². The lowest BCUT2D eigenvalue weighted by molar-refractivity contribution is 0.517. The number of nitrogens with zero attached hydrogens (tertiary/aromatic N) is 2. The number of rotatable bonds is 3. The molecule has 0 aromatic heterocycles. The molecule has 0 radical (unpaired) electrons. The lowest BCUT2D eigenvalue weighted by Crippen LogP contribution is -2.55. The molecule has 1 fully saturated rings. The maximum Gasteiger partial charge on any atom is 0.242 e. The predicted octanol–water partition coefficient (Wildman–Crippen LogP) is 0.0842. The van der Waals surface area contributed by atoms with E-state index >= 15 is 0 Å². The van der Waals surface area contributed by atoms with Crippen molar-refractivity contribution in [3.63, 3.8) is 0 Å². The van der Waals surface area contributed by atoms with Crippen molar-refractivity contribution in [2.45, 2.75) is 10.9 Å². The van der Waals surface area contributed by atoms with Crippen molar-refractivity contribution in [2.24, 2.45) is 5.73 Å². The van der Waals surface area contributed by atoms with Crippen LogP contribution in [0.4, 0.5) is 5.69 Å². The number of hydrogen-bond donors (Lipinski definition) is 1. The Morgan fingerprint density at radius 1 is 1.24 bits per heavy atom. The van der Waals surface area contributed by atoms with Crippen LogP contribution in [0.1, 0.15) is 0 Å². The highest BCUT2D eigenvalue weighted by atomic mass is 32.2. The predicted molar refractivity (Wildman–Crippen MR) is 67.5 cm³/mol. The summed E-state index contributed by atoms with van der Waals surface area (Å²) in [6, 6.07) is 7.15. The van der Waals surface area contributed by atoms with Crippen molar-refractivity contribution in [2.75, 3.05) is 32.1 Å². The van der Waals surface area contributed by atoms with Crippen LogP contribution in [-0.4, -0.2) is 45.9 Å². The monoisotopic (exact) mass is 255 g/mol. The summed E-state index contributed by atoms with van der Waals surface area (Å²) in [4.78, 5) is 2.44. The van der Waals surface area contributed by atoms with Gasteiger partial charge in [0.15, 0.2) is 0 Å². The molecule has 17 heavy (non-hydrogen) atoms. The van der Waals surface area contributed by atoms with E-state index in [2.05, 4.69) is 4.90 Å². The van der Waals surface area contributed by atoms with Gasteiger partial charge in [-0.05, 0) is 24.3 Å². The Morgan fingerprint density at radius 2 is 1.76 bits per heavy atom. The second kappa shape index (κ2) is 4.29. The first kappa shape index (κ1) is 12.3. The van der Waals surface area contributed by atoms with Crippen LogP contribution in [0.3, 0.4) is 0 Å². The first-order valence-electron chi connectivity index (χ1n) is 5.44. The fourth-order valence-corrected chi connectivity index (χ4v) is 2.66. The van der Waals surface area contributed by atoms with Gasteiger partial charge in [-0.15, -0.1) is 0 Å². The molecule has 0 unspecified atom stereocenters. The Bertz CT molecular complexity index is 490. The number of anilines is 1. The standard InChI is InChI=1S/C11H17N3O2S/c1-13(2)17(15,16)11-5-3-10(4-6-11)14-7-9(12)8-14/h3-6,9H,7-8,12H2,1-2H3. The van der Waals surface area contributed by atoms with Crippen LogP contribution in [0.25, 0.3) is 0 Å². The summed E-state index contributed by atoms with van der Waals surface area (Å²) in [7, 11) is -0.278. The van der Waals surface area contributed by atoms with E-state index in [9.17, 15) is 8.42 Å². The summed E-state index contributed by atoms with van der Waals surface area (Å²) in [5.41, 5.74) is 6.72. The topological polar surface area (TPSA) is 66.6 Å². The molecule has 1 aromatic rings. The number of hydrogen-bond acceptors (Lipinski definition) is 4. The summed E-state index contributed by atoms with van der Waals surface area (Å²) in [5, 5.41) is 0. The van der Waals surface area contributed by atoms with Crippen LogP contribution in [0, 0.1) is 0 Å². The second-order valence-electron chi connectivity index (χ2n) is 4.45. The molecule has 0 saturated carbocycles. The minimum Gasteiger partial charge on any atom is -0.368 e. The Labute approximate surface area is 102 Å². The van der Waals surface area contributed by atoms with Gasteiger partial charge < -0.3 is 10.6 Å². The zero-order valence-corrected chi connectivity index (χ0v) is 10.8. The van der Waals surface area contributed by atoms with Crippen LogP contribution < -0.4 is 10.6 Å². The van der Waals surface area contributed by atoms with Gasteiger partial charge in [0.05, 0.1) is 4.90 Å². The van der Waals surface area contributed by atoms with E-state index in [-0.39, 0.29) is 6.04 Å². The van der Waals surface area contributed by atoms with E-state index in [0.29, 0.717) is 4.90 Å². The third-order valence-corrected chi connectivity index (χ3v) is 4.72. The lowest BCUT2D eigenvalue weighted by Gasteiger charge is -2.38. The van der Waals surface area contributed by atoms with Gasteiger partial charge in [0.2, 0.25) is 10.0 Å². The van der Waals surface area contributed by atoms with E-state index in [1.165, 1.54) is 18.4 Å². The molecule has 94 valence electrons. The molecule has 2 rings (SSSR count). The van der Waals surface area contributed by atoms with Crippen LogP contribution in [-0.2, 0) is 10.0 Å². The fourth-order valence-electron chi connectivity index (χ4n) is 1.76. The quantitative estimate of drug-likeness (QED) is 0.831. The van der Waals surface area contributed by atoms with Gasteiger partial charge in [-0.3, -0.25) is 0 Å². The Hall–Kier alpha value is -1.11. The van der Waals surface area contributed by atoms with E-state index in [0.717, 1.165) is 18.8 Å². The van der Waals surface area contributed by atoms with Gasteiger partial charge in [-0.2, -0.15) is 0 Å². The zero-order valence-electron chi connectivity index (χ0n) is 10.00. The van der Waals surface area contributed by atoms with Crippen molar-refractivity contribution in [1.82, 2.24) is 4.31 Å². The van der Waals surface area contributed by atoms with Gasteiger partial charge in [-0.25, -0.2) is 12.7 Å². The van der Waals surface area contributed by atoms with Gasteiger partial charge >= 0.3 is 0 Å². The molecular formula is C11H17N3O2S. The third-order valence-electron chi connectivity index (χ3n) is 2.89. The third kappa shape index (κ3) is 2.29. The second-order valence-corrected chi connectivity index (χ2v) is 6.60. The zero-order chi connectivity index (χ0) is 12.6. The molecule has 1 aliphatic rings. The molecule has 2 N–H and O–H groups in total. The molecule has 0 aliphatic carbocycles. The highest BCUT2D eigenvalue weighted by Crippen LogP contribution is 2.22.